The molecule has 3 heteroatoms. The molecule has 0 saturated heterocycles. The van der Waals surface area contributed by atoms with E-state index in [2.05, 4.69) is 0 Å². The van der Waals surface area contributed by atoms with Crippen LogP contribution in [0.2, 0.25) is 0 Å². The summed E-state index contributed by atoms with van der Waals surface area (Å²) in [5, 5.41) is 0. The first-order valence-corrected chi connectivity index (χ1v) is 4.54. The van der Waals surface area contributed by atoms with Crippen LogP contribution in [0.4, 0.5) is 11.4 Å². The number of rotatable bonds is 1. The van der Waals surface area contributed by atoms with Gasteiger partial charge in [-0.2, -0.15) is 0 Å². The van der Waals surface area contributed by atoms with Crippen LogP contribution in [0.3, 0.4) is 0 Å². The fourth-order valence-corrected chi connectivity index (χ4v) is 1.39. The largest absolute Gasteiger partial charge is 0.398 e. The zero-order valence-electron chi connectivity index (χ0n) is 9.09. The molecule has 3 nitrogen and oxygen atoms in total. The summed E-state index contributed by atoms with van der Waals surface area (Å²) >= 11 is 0. The topological polar surface area (TPSA) is 46.3 Å². The van der Waals surface area contributed by atoms with Gasteiger partial charge in [0.2, 0.25) is 5.91 Å². The lowest BCUT2D eigenvalue weighted by Gasteiger charge is -2.19. The van der Waals surface area contributed by atoms with E-state index in [1.165, 1.54) is 6.92 Å². The molecular weight excluding hydrogens is 176 g/mol. The van der Waals surface area contributed by atoms with E-state index in [1.807, 2.05) is 26.0 Å². The quantitative estimate of drug-likeness (QED) is 0.690. The van der Waals surface area contributed by atoms with Crippen LogP contribution in [-0.4, -0.2) is 13.0 Å². The predicted molar refractivity (Wildman–Crippen MR) is 59.4 cm³/mol. The number of hydrogen-bond acceptors (Lipinski definition) is 2. The number of carbonyl (C=O) groups is 1. The summed E-state index contributed by atoms with van der Waals surface area (Å²) in [6.45, 7) is 5.47. The van der Waals surface area contributed by atoms with Crippen LogP contribution in [-0.2, 0) is 4.79 Å². The first kappa shape index (κ1) is 10.6. The lowest BCUT2D eigenvalue weighted by molar-refractivity contribution is -0.116. The average molecular weight is 192 g/mol. The molecule has 0 radical (unpaired) electrons. The number of nitrogens with zero attached hydrogens (tertiary/aromatic N) is 1. The van der Waals surface area contributed by atoms with Crippen LogP contribution in [0.15, 0.2) is 12.1 Å². The van der Waals surface area contributed by atoms with Gasteiger partial charge in [0.15, 0.2) is 0 Å². The average Bonchev–Trinajstić information content (AvgIpc) is 2.10. The van der Waals surface area contributed by atoms with Crippen molar-refractivity contribution in [3.63, 3.8) is 0 Å². The van der Waals surface area contributed by atoms with Gasteiger partial charge in [-0.25, -0.2) is 0 Å². The van der Waals surface area contributed by atoms with Crippen molar-refractivity contribution in [2.75, 3.05) is 17.7 Å². The number of aryl methyl sites for hydroxylation is 2. The normalized spacial score (nSPS) is 10.0. The smallest absolute Gasteiger partial charge is 0.223 e. The first-order valence-electron chi connectivity index (χ1n) is 4.54. The van der Waals surface area contributed by atoms with E-state index in [0.717, 1.165) is 22.5 Å². The molecule has 0 aliphatic carbocycles. The zero-order valence-corrected chi connectivity index (χ0v) is 9.09. The van der Waals surface area contributed by atoms with Crippen molar-refractivity contribution in [2.24, 2.45) is 0 Å². The molecule has 0 atom stereocenters. The minimum Gasteiger partial charge on any atom is -0.398 e. The van der Waals surface area contributed by atoms with Crippen LogP contribution < -0.4 is 10.6 Å². The number of anilines is 2. The molecule has 0 fully saturated rings. The highest BCUT2D eigenvalue weighted by Crippen LogP contribution is 2.24. The summed E-state index contributed by atoms with van der Waals surface area (Å²) < 4.78 is 0. The minimum atomic E-state index is 0.0105. The van der Waals surface area contributed by atoms with E-state index in [0.29, 0.717) is 0 Å². The Hall–Kier alpha value is -1.51. The van der Waals surface area contributed by atoms with Gasteiger partial charge in [-0.1, -0.05) is 6.07 Å². The molecule has 1 rings (SSSR count). The van der Waals surface area contributed by atoms with Gasteiger partial charge in [0.25, 0.3) is 0 Å². The monoisotopic (exact) mass is 192 g/mol. The third kappa shape index (κ3) is 1.87. The Morgan fingerprint density at radius 3 is 2.36 bits per heavy atom. The summed E-state index contributed by atoms with van der Waals surface area (Å²) in [7, 11) is 1.75. The van der Waals surface area contributed by atoms with Crippen molar-refractivity contribution in [3.05, 3.63) is 23.3 Å². The molecule has 0 aromatic heterocycles. The third-order valence-corrected chi connectivity index (χ3v) is 2.42. The second-order valence-electron chi connectivity index (χ2n) is 3.57. The summed E-state index contributed by atoms with van der Waals surface area (Å²) in [6, 6.07) is 3.83. The summed E-state index contributed by atoms with van der Waals surface area (Å²) in [6.07, 6.45) is 0. The lowest BCUT2D eigenvalue weighted by atomic mass is 10.1. The van der Waals surface area contributed by atoms with Crippen LogP contribution in [0, 0.1) is 13.8 Å². The third-order valence-electron chi connectivity index (χ3n) is 2.42. The molecule has 0 aliphatic rings. The molecule has 1 amide bonds. The molecule has 0 spiro atoms. The SMILES string of the molecule is CC(=O)N(C)c1cc(N)c(C)cc1C. The molecule has 76 valence electrons. The number of hydrogen-bond donors (Lipinski definition) is 1. The maximum atomic E-state index is 11.2. The van der Waals surface area contributed by atoms with E-state index in [4.69, 9.17) is 5.73 Å². The lowest BCUT2D eigenvalue weighted by Crippen LogP contribution is -2.23. The van der Waals surface area contributed by atoms with E-state index < -0.39 is 0 Å². The highest BCUT2D eigenvalue weighted by molar-refractivity contribution is 5.92. The fourth-order valence-electron chi connectivity index (χ4n) is 1.39. The molecular formula is C11H16N2O. The summed E-state index contributed by atoms with van der Waals surface area (Å²) in [4.78, 5) is 12.8. The predicted octanol–water partition coefficient (Wildman–Crippen LogP) is 1.87. The Balaban J connectivity index is 3.22. The molecule has 0 aliphatic heterocycles. The molecule has 0 heterocycles. The molecule has 1 aromatic carbocycles. The Kier molecular flexibility index (Phi) is 2.79. The van der Waals surface area contributed by atoms with Crippen LogP contribution >= 0.6 is 0 Å². The van der Waals surface area contributed by atoms with Gasteiger partial charge in [0.1, 0.15) is 0 Å². The van der Waals surface area contributed by atoms with Gasteiger partial charge in [-0.3, -0.25) is 4.79 Å². The Morgan fingerprint density at radius 1 is 1.29 bits per heavy atom. The molecule has 1 aromatic rings. The Morgan fingerprint density at radius 2 is 1.86 bits per heavy atom. The Labute approximate surface area is 84.5 Å². The Bertz CT molecular complexity index is 372. The van der Waals surface area contributed by atoms with Gasteiger partial charge in [-0.05, 0) is 31.0 Å². The van der Waals surface area contributed by atoms with Crippen molar-refractivity contribution >= 4 is 17.3 Å². The highest BCUT2D eigenvalue weighted by atomic mass is 16.2. The van der Waals surface area contributed by atoms with E-state index in [1.54, 1.807) is 11.9 Å². The molecule has 14 heavy (non-hydrogen) atoms. The fraction of sp³-hybridized carbons (Fsp3) is 0.364. The van der Waals surface area contributed by atoms with Crippen molar-refractivity contribution in [1.29, 1.82) is 0 Å². The van der Waals surface area contributed by atoms with Crippen LogP contribution in [0.1, 0.15) is 18.1 Å². The van der Waals surface area contributed by atoms with Crippen molar-refractivity contribution in [3.8, 4) is 0 Å². The molecule has 0 unspecified atom stereocenters. The number of carbonyl (C=O) groups excluding carboxylic acids is 1. The van der Waals surface area contributed by atoms with E-state index in [-0.39, 0.29) is 5.91 Å². The molecule has 0 saturated carbocycles. The first-order chi connectivity index (χ1) is 6.43. The molecule has 0 bridgehead atoms. The number of nitrogen functional groups attached to an aromatic ring is 1. The van der Waals surface area contributed by atoms with Gasteiger partial charge in [-0.15, -0.1) is 0 Å². The summed E-state index contributed by atoms with van der Waals surface area (Å²) in [5.41, 5.74) is 9.49. The van der Waals surface area contributed by atoms with Gasteiger partial charge >= 0.3 is 0 Å². The van der Waals surface area contributed by atoms with Crippen molar-refractivity contribution in [1.82, 2.24) is 0 Å². The minimum absolute atomic E-state index is 0.0105. The highest BCUT2D eigenvalue weighted by Gasteiger charge is 2.09. The number of nitrogens with two attached hydrogens (primary N) is 1. The molecule has 2 N–H and O–H groups in total. The second kappa shape index (κ2) is 3.70. The van der Waals surface area contributed by atoms with E-state index >= 15 is 0 Å². The van der Waals surface area contributed by atoms with Gasteiger partial charge in [0.05, 0.1) is 0 Å². The van der Waals surface area contributed by atoms with Gasteiger partial charge < -0.3 is 10.6 Å². The maximum Gasteiger partial charge on any atom is 0.223 e. The van der Waals surface area contributed by atoms with Crippen LogP contribution in [0.5, 0.6) is 0 Å². The summed E-state index contributed by atoms with van der Waals surface area (Å²) in [5.74, 6) is 0.0105. The van der Waals surface area contributed by atoms with Crippen molar-refractivity contribution < 1.29 is 4.79 Å². The van der Waals surface area contributed by atoms with Gasteiger partial charge in [0, 0.05) is 25.3 Å². The van der Waals surface area contributed by atoms with Crippen molar-refractivity contribution in [2.45, 2.75) is 20.8 Å². The number of benzene rings is 1. The standard InChI is InChI=1S/C11H16N2O/c1-7-5-8(2)11(6-10(7)12)13(4)9(3)14/h5-6H,12H2,1-4H3. The van der Waals surface area contributed by atoms with Crippen LogP contribution in [0.25, 0.3) is 0 Å². The zero-order chi connectivity index (χ0) is 10.9. The second-order valence-corrected chi connectivity index (χ2v) is 3.57. The number of amides is 1. The van der Waals surface area contributed by atoms with E-state index in [9.17, 15) is 4.79 Å². The maximum absolute atomic E-state index is 11.2.